The van der Waals surface area contributed by atoms with Crippen molar-refractivity contribution in [2.75, 3.05) is 0 Å². The molecule has 1 aromatic heterocycles. The first kappa shape index (κ1) is 13.4. The van der Waals surface area contributed by atoms with Crippen molar-refractivity contribution < 1.29 is 23.1 Å². The lowest BCUT2D eigenvalue weighted by molar-refractivity contribution is -0.141. The van der Waals surface area contributed by atoms with Crippen LogP contribution in [0, 0.1) is 0 Å². The van der Waals surface area contributed by atoms with Crippen molar-refractivity contribution in [2.45, 2.75) is 32.4 Å². The van der Waals surface area contributed by atoms with Crippen molar-refractivity contribution in [3.63, 3.8) is 0 Å². The van der Waals surface area contributed by atoms with E-state index in [-0.39, 0.29) is 5.69 Å². The molecule has 0 saturated carbocycles. The zero-order chi connectivity index (χ0) is 13.4. The van der Waals surface area contributed by atoms with Gasteiger partial charge in [0.1, 0.15) is 0 Å². The smallest absolute Gasteiger partial charge is 0.435 e. The summed E-state index contributed by atoms with van der Waals surface area (Å²) in [4.78, 5) is 10.9. The second kappa shape index (κ2) is 3.97. The van der Waals surface area contributed by atoms with E-state index in [1.165, 1.54) is 0 Å². The van der Waals surface area contributed by atoms with Crippen LogP contribution in [0.2, 0.25) is 0 Å². The number of halogens is 3. The van der Waals surface area contributed by atoms with Gasteiger partial charge in [-0.3, -0.25) is 0 Å². The summed E-state index contributed by atoms with van der Waals surface area (Å²) in [5.74, 6) is -1.45. The molecule has 0 bridgehead atoms. The van der Waals surface area contributed by atoms with Crippen LogP contribution in [0.4, 0.5) is 13.2 Å². The molecule has 17 heavy (non-hydrogen) atoms. The van der Waals surface area contributed by atoms with Crippen LogP contribution in [-0.2, 0) is 11.6 Å². The second-order valence-electron chi connectivity index (χ2n) is 4.54. The number of aromatic nitrogens is 2. The van der Waals surface area contributed by atoms with Gasteiger partial charge in [-0.15, -0.1) is 5.10 Å². The van der Waals surface area contributed by atoms with Crippen molar-refractivity contribution in [3.05, 3.63) is 23.0 Å². The van der Waals surface area contributed by atoms with Crippen LogP contribution in [0.1, 0.15) is 42.5 Å². The second-order valence-corrected chi connectivity index (χ2v) is 4.54. The fourth-order valence-electron chi connectivity index (χ4n) is 1.25. The zero-order valence-electron chi connectivity index (χ0n) is 9.46. The third-order valence-electron chi connectivity index (χ3n) is 2.03. The monoisotopic (exact) mass is 248 g/mol. The minimum absolute atomic E-state index is 0.0259. The number of hydrogen-bond donors (Lipinski definition) is 1. The first-order valence-corrected chi connectivity index (χ1v) is 4.72. The van der Waals surface area contributed by atoms with Gasteiger partial charge in [-0.05, 0) is 6.07 Å². The normalized spacial score (nSPS) is 12.6. The molecule has 0 amide bonds. The number of carbonyl (C=O) groups is 1. The van der Waals surface area contributed by atoms with E-state index < -0.39 is 28.8 Å². The Bertz CT molecular complexity index is 450. The predicted molar refractivity (Wildman–Crippen MR) is 52.7 cm³/mol. The number of alkyl halides is 3. The minimum atomic E-state index is -4.70. The van der Waals surface area contributed by atoms with Crippen LogP contribution in [0.15, 0.2) is 6.07 Å². The van der Waals surface area contributed by atoms with Crippen LogP contribution in [0.5, 0.6) is 0 Å². The lowest BCUT2D eigenvalue weighted by Gasteiger charge is -2.19. The molecule has 0 aromatic carbocycles. The number of rotatable bonds is 1. The van der Waals surface area contributed by atoms with E-state index in [2.05, 4.69) is 10.2 Å². The van der Waals surface area contributed by atoms with Crippen LogP contribution in [-0.4, -0.2) is 21.3 Å². The molecule has 0 saturated heterocycles. The number of hydrogen-bond acceptors (Lipinski definition) is 3. The van der Waals surface area contributed by atoms with E-state index in [4.69, 9.17) is 5.11 Å². The van der Waals surface area contributed by atoms with Gasteiger partial charge in [-0.25, -0.2) is 4.79 Å². The molecule has 0 radical (unpaired) electrons. The highest BCUT2D eigenvalue weighted by Gasteiger charge is 2.36. The maximum atomic E-state index is 12.4. The standard InChI is InChI=1S/C10H11F3N2O2/c1-9(2,3)7-5(8(16)17)4-6(14-15-7)10(11,12)13/h4H,1-3H3,(H,16,17). The van der Waals surface area contributed by atoms with Crippen molar-refractivity contribution >= 4 is 5.97 Å². The SMILES string of the molecule is CC(C)(C)c1nnc(C(F)(F)F)cc1C(=O)O. The van der Waals surface area contributed by atoms with Gasteiger partial charge < -0.3 is 5.11 Å². The molecule has 0 fully saturated rings. The lowest BCUT2D eigenvalue weighted by Crippen LogP contribution is -2.22. The quantitative estimate of drug-likeness (QED) is 0.829. The van der Waals surface area contributed by atoms with Crippen molar-refractivity contribution in [2.24, 2.45) is 0 Å². The van der Waals surface area contributed by atoms with E-state index in [9.17, 15) is 18.0 Å². The molecule has 0 spiro atoms. The van der Waals surface area contributed by atoms with Crippen LogP contribution >= 0.6 is 0 Å². The third-order valence-corrected chi connectivity index (χ3v) is 2.03. The Balaban J connectivity index is 3.43. The summed E-state index contributed by atoms with van der Waals surface area (Å²) in [6.45, 7) is 4.95. The van der Waals surface area contributed by atoms with E-state index in [1.807, 2.05) is 0 Å². The molecule has 94 valence electrons. The van der Waals surface area contributed by atoms with Crippen molar-refractivity contribution in [1.82, 2.24) is 10.2 Å². The minimum Gasteiger partial charge on any atom is -0.478 e. The Kier molecular flexibility index (Phi) is 3.13. The molecule has 0 aliphatic rings. The Morgan fingerprint density at radius 3 is 2.12 bits per heavy atom. The van der Waals surface area contributed by atoms with Gasteiger partial charge in [0.25, 0.3) is 0 Å². The van der Waals surface area contributed by atoms with Crippen molar-refractivity contribution in [3.8, 4) is 0 Å². The number of carboxylic acids is 1. The lowest BCUT2D eigenvalue weighted by atomic mass is 9.88. The molecular weight excluding hydrogens is 237 g/mol. The first-order chi connectivity index (χ1) is 7.53. The topological polar surface area (TPSA) is 63.1 Å². The average Bonchev–Trinajstić information content (AvgIpc) is 2.14. The number of aromatic carboxylic acids is 1. The summed E-state index contributed by atoms with van der Waals surface area (Å²) < 4.78 is 37.1. The van der Waals surface area contributed by atoms with Gasteiger partial charge in [0.05, 0.1) is 11.3 Å². The third kappa shape index (κ3) is 2.92. The molecule has 0 aliphatic carbocycles. The number of carboxylic acid groups (broad SMARTS) is 1. The van der Waals surface area contributed by atoms with Gasteiger partial charge in [0.15, 0.2) is 5.69 Å². The zero-order valence-corrected chi connectivity index (χ0v) is 9.46. The molecule has 0 aliphatic heterocycles. The predicted octanol–water partition coefficient (Wildman–Crippen LogP) is 2.49. The molecule has 1 aromatic rings. The highest BCUT2D eigenvalue weighted by Crippen LogP contribution is 2.30. The van der Waals surface area contributed by atoms with Gasteiger partial charge in [0, 0.05) is 5.41 Å². The van der Waals surface area contributed by atoms with Gasteiger partial charge in [0.2, 0.25) is 0 Å². The van der Waals surface area contributed by atoms with E-state index in [1.54, 1.807) is 20.8 Å². The molecule has 1 N–H and O–H groups in total. The van der Waals surface area contributed by atoms with Gasteiger partial charge in [-0.2, -0.15) is 18.3 Å². The summed E-state index contributed by atoms with van der Waals surface area (Å²) in [6.07, 6.45) is -4.70. The average molecular weight is 248 g/mol. The highest BCUT2D eigenvalue weighted by molar-refractivity contribution is 5.89. The Labute approximate surface area is 95.5 Å². The molecule has 1 rings (SSSR count). The van der Waals surface area contributed by atoms with E-state index >= 15 is 0 Å². The van der Waals surface area contributed by atoms with Crippen LogP contribution in [0.25, 0.3) is 0 Å². The maximum Gasteiger partial charge on any atom is 0.435 e. The largest absolute Gasteiger partial charge is 0.478 e. The molecule has 1 heterocycles. The Morgan fingerprint density at radius 1 is 1.24 bits per heavy atom. The summed E-state index contributed by atoms with van der Waals surface area (Å²) in [7, 11) is 0. The maximum absolute atomic E-state index is 12.4. The van der Waals surface area contributed by atoms with E-state index in [0.717, 1.165) is 0 Å². The van der Waals surface area contributed by atoms with Crippen LogP contribution in [0.3, 0.4) is 0 Å². The first-order valence-electron chi connectivity index (χ1n) is 4.72. The van der Waals surface area contributed by atoms with Gasteiger partial charge >= 0.3 is 12.1 Å². The van der Waals surface area contributed by atoms with Crippen molar-refractivity contribution in [1.29, 1.82) is 0 Å². The molecule has 7 heteroatoms. The summed E-state index contributed by atoms with van der Waals surface area (Å²) >= 11 is 0. The van der Waals surface area contributed by atoms with Gasteiger partial charge in [-0.1, -0.05) is 20.8 Å². The molecule has 0 atom stereocenters. The summed E-state index contributed by atoms with van der Waals surface area (Å²) in [5, 5.41) is 15.3. The summed E-state index contributed by atoms with van der Waals surface area (Å²) in [6, 6.07) is 0.510. The molecule has 4 nitrogen and oxygen atoms in total. The Hall–Kier alpha value is -1.66. The molecule has 0 unspecified atom stereocenters. The summed E-state index contributed by atoms with van der Waals surface area (Å²) in [5.41, 5.74) is -2.44. The fraction of sp³-hybridized carbons (Fsp3) is 0.500. The number of nitrogens with zero attached hydrogens (tertiary/aromatic N) is 2. The van der Waals surface area contributed by atoms with Crippen LogP contribution < -0.4 is 0 Å². The van der Waals surface area contributed by atoms with E-state index in [0.29, 0.717) is 6.07 Å². The molecular formula is C10H11F3N2O2. The Morgan fingerprint density at radius 2 is 1.76 bits per heavy atom. The highest BCUT2D eigenvalue weighted by atomic mass is 19.4. The fourth-order valence-corrected chi connectivity index (χ4v) is 1.25.